The van der Waals surface area contributed by atoms with E-state index in [1.54, 1.807) is 0 Å². The summed E-state index contributed by atoms with van der Waals surface area (Å²) >= 11 is 0. The number of halogens is 1. The molecule has 1 saturated carbocycles. The third kappa shape index (κ3) is 1.97. The molecule has 1 aliphatic rings. The Morgan fingerprint density at radius 2 is 2.30 bits per heavy atom. The van der Waals surface area contributed by atoms with Crippen LogP contribution in [-0.4, -0.2) is 17.2 Å². The number of hydrogen-bond acceptors (Lipinski definition) is 1. The van der Waals surface area contributed by atoms with Crippen LogP contribution in [0, 0.1) is 5.92 Å². The zero-order valence-electron chi connectivity index (χ0n) is 5.72. The zero-order valence-corrected chi connectivity index (χ0v) is 5.72. The molecule has 0 aromatic carbocycles. The highest BCUT2D eigenvalue weighted by Crippen LogP contribution is 2.29. The number of rotatable bonds is 2. The van der Waals surface area contributed by atoms with Gasteiger partial charge in [-0.2, -0.15) is 0 Å². The summed E-state index contributed by atoms with van der Waals surface area (Å²) in [5, 5.41) is 8.34. The highest BCUT2D eigenvalue weighted by atomic mass is 19.1. The molecule has 1 fully saturated rings. The first-order valence-electron chi connectivity index (χ1n) is 3.54. The summed E-state index contributed by atoms with van der Waals surface area (Å²) < 4.78 is 12.4. The Bertz CT molecular complexity index is 136. The first-order chi connectivity index (χ1) is 4.68. The molecule has 0 aromatic heterocycles. The van der Waals surface area contributed by atoms with Crippen LogP contribution >= 0.6 is 0 Å². The quantitative estimate of drug-likeness (QED) is 0.642. The average molecular weight is 146 g/mol. The lowest BCUT2D eigenvalue weighted by Crippen LogP contribution is -2.04. The van der Waals surface area contributed by atoms with E-state index >= 15 is 0 Å². The number of hydrogen-bond donors (Lipinski definition) is 1. The van der Waals surface area contributed by atoms with Gasteiger partial charge in [-0.3, -0.25) is 4.79 Å². The molecule has 2 atom stereocenters. The molecule has 1 N–H and O–H groups in total. The minimum atomic E-state index is -0.806. The lowest BCUT2D eigenvalue weighted by atomic mass is 10.0. The van der Waals surface area contributed by atoms with Crippen molar-refractivity contribution in [3.63, 3.8) is 0 Å². The third-order valence-corrected chi connectivity index (χ3v) is 1.94. The average Bonchev–Trinajstić information content (AvgIpc) is 2.13. The highest BCUT2D eigenvalue weighted by molar-refractivity contribution is 5.67. The number of carboxylic acid groups (broad SMARTS) is 1. The van der Waals surface area contributed by atoms with Gasteiger partial charge in [0.1, 0.15) is 6.17 Å². The van der Waals surface area contributed by atoms with Crippen molar-refractivity contribution in [2.45, 2.75) is 31.9 Å². The lowest BCUT2D eigenvalue weighted by Gasteiger charge is -2.02. The summed E-state index contributed by atoms with van der Waals surface area (Å²) in [6.07, 6.45) is 1.14. The van der Waals surface area contributed by atoms with E-state index in [-0.39, 0.29) is 12.3 Å². The molecular weight excluding hydrogens is 135 g/mol. The lowest BCUT2D eigenvalue weighted by molar-refractivity contribution is -0.138. The molecule has 1 aliphatic carbocycles. The zero-order chi connectivity index (χ0) is 7.56. The number of aliphatic carboxylic acids is 1. The van der Waals surface area contributed by atoms with Gasteiger partial charge in [0.05, 0.1) is 0 Å². The van der Waals surface area contributed by atoms with Crippen molar-refractivity contribution in [1.82, 2.24) is 0 Å². The molecule has 0 aliphatic heterocycles. The van der Waals surface area contributed by atoms with E-state index in [2.05, 4.69) is 0 Å². The largest absolute Gasteiger partial charge is 0.481 e. The maximum Gasteiger partial charge on any atom is 0.303 e. The molecule has 0 spiro atoms. The van der Waals surface area contributed by atoms with Gasteiger partial charge in [-0.1, -0.05) is 0 Å². The maximum absolute atomic E-state index is 12.4. The Labute approximate surface area is 59.0 Å². The van der Waals surface area contributed by atoms with E-state index in [0.29, 0.717) is 12.8 Å². The Morgan fingerprint density at radius 3 is 2.70 bits per heavy atom. The fourth-order valence-electron chi connectivity index (χ4n) is 1.45. The summed E-state index contributed by atoms with van der Waals surface area (Å²) in [5.41, 5.74) is 0. The van der Waals surface area contributed by atoms with E-state index in [0.717, 1.165) is 6.42 Å². The van der Waals surface area contributed by atoms with Crippen LogP contribution in [-0.2, 0) is 4.79 Å². The van der Waals surface area contributed by atoms with Gasteiger partial charge in [0.25, 0.3) is 0 Å². The van der Waals surface area contributed by atoms with Gasteiger partial charge in [-0.05, 0) is 25.2 Å². The van der Waals surface area contributed by atoms with E-state index in [4.69, 9.17) is 5.11 Å². The van der Waals surface area contributed by atoms with Crippen molar-refractivity contribution in [2.24, 2.45) is 5.92 Å². The van der Waals surface area contributed by atoms with Crippen LogP contribution in [0.15, 0.2) is 0 Å². The number of carbonyl (C=O) groups is 1. The predicted molar refractivity (Wildman–Crippen MR) is 34.5 cm³/mol. The van der Waals surface area contributed by atoms with Crippen molar-refractivity contribution < 1.29 is 14.3 Å². The van der Waals surface area contributed by atoms with Crippen molar-refractivity contribution in [3.05, 3.63) is 0 Å². The van der Waals surface area contributed by atoms with Gasteiger partial charge < -0.3 is 5.11 Å². The molecule has 0 bridgehead atoms. The second-order valence-corrected chi connectivity index (χ2v) is 2.87. The minimum absolute atomic E-state index is 0.0903. The third-order valence-electron chi connectivity index (χ3n) is 1.94. The maximum atomic E-state index is 12.4. The first-order valence-corrected chi connectivity index (χ1v) is 3.54. The minimum Gasteiger partial charge on any atom is -0.481 e. The smallest absolute Gasteiger partial charge is 0.303 e. The Morgan fingerprint density at radius 1 is 1.60 bits per heavy atom. The van der Waals surface area contributed by atoms with Crippen LogP contribution in [0.4, 0.5) is 4.39 Å². The monoisotopic (exact) mass is 146 g/mol. The fraction of sp³-hybridized carbons (Fsp3) is 0.857. The predicted octanol–water partition coefficient (Wildman–Crippen LogP) is 1.60. The van der Waals surface area contributed by atoms with Gasteiger partial charge >= 0.3 is 5.97 Å². The Hall–Kier alpha value is -0.600. The molecule has 1 rings (SSSR count). The van der Waals surface area contributed by atoms with Gasteiger partial charge in [-0.15, -0.1) is 0 Å². The van der Waals surface area contributed by atoms with Gasteiger partial charge in [-0.25, -0.2) is 4.39 Å². The van der Waals surface area contributed by atoms with Crippen molar-refractivity contribution in [3.8, 4) is 0 Å². The van der Waals surface area contributed by atoms with E-state index in [1.165, 1.54) is 0 Å². The van der Waals surface area contributed by atoms with Gasteiger partial charge in [0, 0.05) is 6.42 Å². The highest BCUT2D eigenvalue weighted by Gasteiger charge is 2.25. The van der Waals surface area contributed by atoms with Crippen molar-refractivity contribution in [2.75, 3.05) is 0 Å². The molecule has 10 heavy (non-hydrogen) atoms. The molecule has 0 heterocycles. The summed E-state index contributed by atoms with van der Waals surface area (Å²) in [7, 11) is 0. The SMILES string of the molecule is O=C(O)C[C@H]1CC[C@@H](F)C1. The second-order valence-electron chi connectivity index (χ2n) is 2.87. The first kappa shape index (κ1) is 7.51. The fourth-order valence-corrected chi connectivity index (χ4v) is 1.45. The Balaban J connectivity index is 2.24. The summed E-state index contributed by atoms with van der Waals surface area (Å²) in [5.74, 6) is -0.716. The molecular formula is C7H11FO2. The molecule has 0 amide bonds. The van der Waals surface area contributed by atoms with Crippen molar-refractivity contribution >= 4 is 5.97 Å². The number of alkyl halides is 1. The van der Waals surface area contributed by atoms with Crippen LogP contribution in [0.1, 0.15) is 25.7 Å². The van der Waals surface area contributed by atoms with E-state index in [9.17, 15) is 9.18 Å². The van der Waals surface area contributed by atoms with Crippen LogP contribution in [0.5, 0.6) is 0 Å². The molecule has 2 nitrogen and oxygen atoms in total. The van der Waals surface area contributed by atoms with E-state index < -0.39 is 12.1 Å². The molecule has 58 valence electrons. The summed E-state index contributed by atoms with van der Waals surface area (Å²) in [6, 6.07) is 0. The van der Waals surface area contributed by atoms with Crippen molar-refractivity contribution in [1.29, 1.82) is 0 Å². The van der Waals surface area contributed by atoms with Gasteiger partial charge in [0.2, 0.25) is 0 Å². The molecule has 0 aromatic rings. The summed E-state index contributed by atoms with van der Waals surface area (Å²) in [6.45, 7) is 0. The molecule has 0 radical (unpaired) electrons. The van der Waals surface area contributed by atoms with Gasteiger partial charge in [0.15, 0.2) is 0 Å². The van der Waals surface area contributed by atoms with Crippen LogP contribution in [0.2, 0.25) is 0 Å². The standard InChI is InChI=1S/C7H11FO2/c8-6-2-1-5(3-6)4-7(9)10/h5-6H,1-4H2,(H,9,10)/t5-,6+/m0/s1. The molecule has 0 saturated heterocycles. The van der Waals surface area contributed by atoms with E-state index in [1.807, 2.05) is 0 Å². The number of carboxylic acids is 1. The summed E-state index contributed by atoms with van der Waals surface area (Å²) in [4.78, 5) is 10.1. The van der Waals surface area contributed by atoms with Crippen LogP contribution < -0.4 is 0 Å². The van der Waals surface area contributed by atoms with Crippen LogP contribution in [0.25, 0.3) is 0 Å². The Kier molecular flexibility index (Phi) is 2.25. The van der Waals surface area contributed by atoms with Crippen LogP contribution in [0.3, 0.4) is 0 Å². The molecule has 3 heteroatoms. The normalized spacial score (nSPS) is 32.5. The topological polar surface area (TPSA) is 37.3 Å². The second kappa shape index (κ2) is 2.99. The molecule has 0 unspecified atom stereocenters.